The van der Waals surface area contributed by atoms with Crippen molar-refractivity contribution in [2.75, 3.05) is 13.7 Å². The summed E-state index contributed by atoms with van der Waals surface area (Å²) in [6, 6.07) is 5.39. The Morgan fingerprint density at radius 2 is 2.14 bits per heavy atom. The Labute approximate surface area is 139 Å². The highest BCUT2D eigenvalue weighted by atomic mass is 35.5. The van der Waals surface area contributed by atoms with Crippen LogP contribution in [-0.2, 0) is 0 Å². The van der Waals surface area contributed by atoms with Crippen LogP contribution in [0.5, 0.6) is 11.5 Å². The molecule has 0 aromatic heterocycles. The standard InChI is InChI=1S/C16H16Cl2N2O2/c1-9-7-19-16-12(18)6-11(17)8-20(16)15(9)10-3-4-13(21)14(5-10)22-2/h3-6,8-9,15,21H,7H2,1-2H3. The molecule has 0 spiro atoms. The van der Waals surface area contributed by atoms with Crippen molar-refractivity contribution in [2.24, 2.45) is 10.9 Å². The number of phenolic OH excluding ortho intramolecular Hbond substituents is 1. The Morgan fingerprint density at radius 3 is 2.86 bits per heavy atom. The lowest BCUT2D eigenvalue weighted by Crippen LogP contribution is -2.40. The zero-order chi connectivity index (χ0) is 15.9. The number of hydrogen-bond donors (Lipinski definition) is 1. The average molecular weight is 339 g/mol. The van der Waals surface area contributed by atoms with E-state index in [1.54, 1.807) is 12.1 Å². The number of halogens is 2. The van der Waals surface area contributed by atoms with Crippen LogP contribution in [0.4, 0.5) is 0 Å². The van der Waals surface area contributed by atoms with E-state index in [1.165, 1.54) is 7.11 Å². The second-order valence-electron chi connectivity index (χ2n) is 5.43. The molecule has 2 aliphatic rings. The topological polar surface area (TPSA) is 45.1 Å². The smallest absolute Gasteiger partial charge is 0.160 e. The first kappa shape index (κ1) is 15.3. The van der Waals surface area contributed by atoms with E-state index in [1.807, 2.05) is 23.2 Å². The Kier molecular flexibility index (Phi) is 4.06. The van der Waals surface area contributed by atoms with Crippen LogP contribution in [0.15, 0.2) is 45.5 Å². The lowest BCUT2D eigenvalue weighted by atomic mass is 9.90. The molecule has 2 heterocycles. The van der Waals surface area contributed by atoms with Crippen molar-refractivity contribution < 1.29 is 9.84 Å². The van der Waals surface area contributed by atoms with E-state index in [2.05, 4.69) is 11.9 Å². The minimum atomic E-state index is 0.0261. The molecule has 0 aliphatic carbocycles. The first-order chi connectivity index (χ1) is 10.5. The molecule has 22 heavy (non-hydrogen) atoms. The Bertz CT molecular complexity index is 697. The van der Waals surface area contributed by atoms with Crippen LogP contribution in [-0.4, -0.2) is 29.5 Å². The van der Waals surface area contributed by atoms with Crippen molar-refractivity contribution >= 4 is 29.0 Å². The zero-order valence-electron chi connectivity index (χ0n) is 12.3. The molecule has 116 valence electrons. The molecule has 2 aliphatic heterocycles. The van der Waals surface area contributed by atoms with Gasteiger partial charge in [0.1, 0.15) is 5.84 Å². The maximum atomic E-state index is 9.79. The maximum absolute atomic E-state index is 9.79. The minimum absolute atomic E-state index is 0.0261. The first-order valence-electron chi connectivity index (χ1n) is 6.96. The van der Waals surface area contributed by atoms with Crippen LogP contribution in [0.1, 0.15) is 18.5 Å². The fourth-order valence-electron chi connectivity index (χ4n) is 2.88. The molecular weight excluding hydrogens is 323 g/mol. The second-order valence-corrected chi connectivity index (χ2v) is 6.27. The molecule has 1 aromatic rings. The first-order valence-corrected chi connectivity index (χ1v) is 7.71. The molecule has 2 unspecified atom stereocenters. The molecule has 1 N–H and O–H groups in total. The highest BCUT2D eigenvalue weighted by molar-refractivity contribution is 6.45. The van der Waals surface area contributed by atoms with E-state index in [0.29, 0.717) is 22.4 Å². The highest BCUT2D eigenvalue weighted by Crippen LogP contribution is 2.40. The third-order valence-corrected chi connectivity index (χ3v) is 4.38. The van der Waals surface area contributed by atoms with Crippen LogP contribution in [0.3, 0.4) is 0 Å². The molecule has 1 aromatic carbocycles. The van der Waals surface area contributed by atoms with Gasteiger partial charge < -0.3 is 14.7 Å². The average Bonchev–Trinajstić information content (AvgIpc) is 2.48. The molecular formula is C16H16Cl2N2O2. The second kappa shape index (κ2) is 5.86. The minimum Gasteiger partial charge on any atom is -0.504 e. The van der Waals surface area contributed by atoms with Gasteiger partial charge in [0.25, 0.3) is 0 Å². The fraction of sp³-hybridized carbons (Fsp3) is 0.312. The van der Waals surface area contributed by atoms with Crippen LogP contribution in [0.2, 0.25) is 0 Å². The molecule has 0 bridgehead atoms. The fourth-order valence-corrected chi connectivity index (χ4v) is 3.43. The predicted octanol–water partition coefficient (Wildman–Crippen LogP) is 4.01. The quantitative estimate of drug-likeness (QED) is 0.886. The van der Waals surface area contributed by atoms with Gasteiger partial charge in [-0.25, -0.2) is 0 Å². The number of amidine groups is 1. The van der Waals surface area contributed by atoms with Gasteiger partial charge in [-0.3, -0.25) is 4.99 Å². The summed E-state index contributed by atoms with van der Waals surface area (Å²) < 4.78 is 5.21. The molecule has 2 atom stereocenters. The van der Waals surface area contributed by atoms with Crippen molar-refractivity contribution in [1.82, 2.24) is 4.90 Å². The number of aromatic hydroxyl groups is 1. The maximum Gasteiger partial charge on any atom is 0.160 e. The number of phenols is 1. The molecule has 0 saturated carbocycles. The van der Waals surface area contributed by atoms with Gasteiger partial charge >= 0.3 is 0 Å². The van der Waals surface area contributed by atoms with Gasteiger partial charge in [0.05, 0.1) is 23.2 Å². The molecule has 6 heteroatoms. The zero-order valence-corrected chi connectivity index (χ0v) is 13.8. The van der Waals surface area contributed by atoms with Gasteiger partial charge in [-0.05, 0) is 23.8 Å². The Hall–Kier alpha value is -1.65. The number of fused-ring (bicyclic) bond motifs is 1. The van der Waals surface area contributed by atoms with E-state index in [4.69, 9.17) is 27.9 Å². The number of benzene rings is 1. The van der Waals surface area contributed by atoms with Crippen LogP contribution < -0.4 is 4.74 Å². The van der Waals surface area contributed by atoms with Gasteiger partial charge in [-0.1, -0.05) is 36.2 Å². The number of rotatable bonds is 2. The summed E-state index contributed by atoms with van der Waals surface area (Å²) >= 11 is 12.4. The van der Waals surface area contributed by atoms with Gasteiger partial charge in [-0.2, -0.15) is 0 Å². The number of hydrogen-bond acceptors (Lipinski definition) is 4. The summed E-state index contributed by atoms with van der Waals surface area (Å²) in [4.78, 5) is 6.53. The van der Waals surface area contributed by atoms with Crippen molar-refractivity contribution in [2.45, 2.75) is 13.0 Å². The number of methoxy groups -OCH3 is 1. The molecule has 0 radical (unpaired) electrons. The summed E-state index contributed by atoms with van der Waals surface area (Å²) in [6.07, 6.45) is 3.54. The van der Waals surface area contributed by atoms with E-state index in [-0.39, 0.29) is 17.7 Å². The predicted molar refractivity (Wildman–Crippen MR) is 88.6 cm³/mol. The molecule has 3 rings (SSSR count). The van der Waals surface area contributed by atoms with E-state index < -0.39 is 0 Å². The van der Waals surface area contributed by atoms with Crippen LogP contribution in [0, 0.1) is 5.92 Å². The monoisotopic (exact) mass is 338 g/mol. The third kappa shape index (κ3) is 2.57. The Balaban J connectivity index is 2.06. The summed E-state index contributed by atoms with van der Waals surface area (Å²) in [7, 11) is 1.54. The van der Waals surface area contributed by atoms with Crippen LogP contribution in [0.25, 0.3) is 0 Å². The van der Waals surface area contributed by atoms with Crippen molar-refractivity contribution in [3.8, 4) is 11.5 Å². The van der Waals surface area contributed by atoms with Crippen molar-refractivity contribution in [3.05, 3.63) is 46.1 Å². The Morgan fingerprint density at radius 1 is 1.36 bits per heavy atom. The van der Waals surface area contributed by atoms with E-state index in [9.17, 15) is 5.11 Å². The SMILES string of the molecule is COc1cc(C2C(C)CN=C3C(Cl)=CC(Cl)=CN32)ccc1O. The molecule has 4 nitrogen and oxygen atoms in total. The number of aliphatic imine (C=N–C) groups is 1. The van der Waals surface area contributed by atoms with Gasteiger partial charge in [-0.15, -0.1) is 0 Å². The number of nitrogens with zero attached hydrogens (tertiary/aromatic N) is 2. The molecule has 0 fully saturated rings. The summed E-state index contributed by atoms with van der Waals surface area (Å²) in [5.41, 5.74) is 1.02. The normalized spacial score (nSPS) is 24.2. The molecule has 0 amide bonds. The van der Waals surface area contributed by atoms with Crippen LogP contribution >= 0.6 is 23.2 Å². The number of allylic oxidation sites excluding steroid dienone is 2. The third-order valence-electron chi connectivity index (χ3n) is 3.90. The van der Waals surface area contributed by atoms with Crippen molar-refractivity contribution in [3.63, 3.8) is 0 Å². The summed E-state index contributed by atoms with van der Waals surface area (Å²) in [5, 5.41) is 10.9. The lowest BCUT2D eigenvalue weighted by molar-refractivity contribution is 0.284. The molecule has 0 saturated heterocycles. The summed E-state index contributed by atoms with van der Waals surface area (Å²) in [5.74, 6) is 1.55. The van der Waals surface area contributed by atoms with E-state index >= 15 is 0 Å². The van der Waals surface area contributed by atoms with E-state index in [0.717, 1.165) is 11.4 Å². The van der Waals surface area contributed by atoms with Gasteiger partial charge in [0.2, 0.25) is 0 Å². The number of ether oxygens (including phenoxy) is 1. The van der Waals surface area contributed by atoms with Gasteiger partial charge in [0, 0.05) is 18.7 Å². The van der Waals surface area contributed by atoms with Gasteiger partial charge in [0.15, 0.2) is 11.5 Å². The highest BCUT2D eigenvalue weighted by Gasteiger charge is 2.34. The largest absolute Gasteiger partial charge is 0.504 e. The summed E-state index contributed by atoms with van der Waals surface area (Å²) in [6.45, 7) is 2.80. The van der Waals surface area contributed by atoms with Crippen molar-refractivity contribution in [1.29, 1.82) is 0 Å². The lowest BCUT2D eigenvalue weighted by Gasteiger charge is -2.40.